The Kier molecular flexibility index (Phi) is 3.22. The highest BCUT2D eigenvalue weighted by Gasteiger charge is 2.25. The number of nitrogens with zero attached hydrogens (tertiary/aromatic N) is 5. The number of carbonyl (C=O) groups is 1. The maximum atomic E-state index is 11.6. The number of aromatic nitrogens is 4. The zero-order valence-corrected chi connectivity index (χ0v) is 12.0. The Morgan fingerprint density at radius 3 is 2.74 bits per heavy atom. The number of likely N-dealkylation sites (tertiary alicyclic amines) is 1. The summed E-state index contributed by atoms with van der Waals surface area (Å²) >= 11 is 1.61. The first-order valence-corrected chi connectivity index (χ1v) is 7.47. The third-order valence-electron chi connectivity index (χ3n) is 3.66. The fourth-order valence-electron chi connectivity index (χ4n) is 2.49. The van der Waals surface area contributed by atoms with Gasteiger partial charge in [-0.15, -0.1) is 10.2 Å². The second kappa shape index (κ2) is 4.88. The van der Waals surface area contributed by atoms with Crippen molar-refractivity contribution >= 4 is 22.2 Å². The van der Waals surface area contributed by atoms with Crippen molar-refractivity contribution in [1.29, 1.82) is 0 Å². The first kappa shape index (κ1) is 12.5. The Labute approximate surface area is 115 Å². The van der Waals surface area contributed by atoms with Crippen LogP contribution in [0.15, 0.2) is 0 Å². The maximum Gasteiger partial charge on any atom is 0.234 e. The number of piperidine rings is 1. The predicted molar refractivity (Wildman–Crippen MR) is 72.2 cm³/mol. The van der Waals surface area contributed by atoms with E-state index >= 15 is 0 Å². The van der Waals surface area contributed by atoms with E-state index in [4.69, 9.17) is 0 Å². The molecule has 3 rings (SSSR count). The van der Waals surface area contributed by atoms with Crippen molar-refractivity contribution in [3.63, 3.8) is 0 Å². The molecule has 0 unspecified atom stereocenters. The van der Waals surface area contributed by atoms with Crippen LogP contribution in [-0.2, 0) is 4.79 Å². The lowest BCUT2D eigenvalue weighted by Gasteiger charge is -2.30. The molecule has 2 aromatic heterocycles. The molecule has 1 saturated heterocycles. The zero-order valence-electron chi connectivity index (χ0n) is 11.2. The minimum atomic E-state index is 0.257. The van der Waals surface area contributed by atoms with E-state index in [0.717, 1.165) is 41.7 Å². The van der Waals surface area contributed by atoms with E-state index in [1.807, 2.05) is 23.3 Å². The molecule has 6 nitrogen and oxygen atoms in total. The summed E-state index contributed by atoms with van der Waals surface area (Å²) in [5.41, 5.74) is 0. The van der Waals surface area contributed by atoms with Crippen molar-refractivity contribution in [3.8, 4) is 0 Å². The van der Waals surface area contributed by atoms with E-state index in [0.29, 0.717) is 12.3 Å². The van der Waals surface area contributed by atoms with Gasteiger partial charge >= 0.3 is 0 Å². The molecule has 3 heterocycles. The van der Waals surface area contributed by atoms with E-state index in [2.05, 4.69) is 15.3 Å². The SMILES string of the molecule is CCC(=O)N1CCC(c2nn3c(C)nnc3s2)CC1. The minimum Gasteiger partial charge on any atom is -0.343 e. The Balaban J connectivity index is 1.72. The summed E-state index contributed by atoms with van der Waals surface area (Å²) in [5.74, 6) is 1.54. The third-order valence-corrected chi connectivity index (χ3v) is 4.72. The molecule has 0 saturated carbocycles. The van der Waals surface area contributed by atoms with Gasteiger partial charge in [0.2, 0.25) is 10.9 Å². The molecule has 0 bridgehead atoms. The second-order valence-electron chi connectivity index (χ2n) is 4.89. The van der Waals surface area contributed by atoms with Crippen molar-refractivity contribution in [2.45, 2.75) is 39.0 Å². The van der Waals surface area contributed by atoms with E-state index in [9.17, 15) is 4.79 Å². The topological polar surface area (TPSA) is 63.4 Å². The predicted octanol–water partition coefficient (Wildman–Crippen LogP) is 1.61. The van der Waals surface area contributed by atoms with Crippen LogP contribution >= 0.6 is 11.3 Å². The fourth-order valence-corrected chi connectivity index (χ4v) is 3.55. The van der Waals surface area contributed by atoms with Crippen LogP contribution in [-0.4, -0.2) is 43.7 Å². The highest BCUT2D eigenvalue weighted by atomic mass is 32.1. The first-order chi connectivity index (χ1) is 9.19. The molecule has 1 amide bonds. The second-order valence-corrected chi connectivity index (χ2v) is 5.88. The lowest BCUT2D eigenvalue weighted by Crippen LogP contribution is -2.37. The van der Waals surface area contributed by atoms with Crippen molar-refractivity contribution in [1.82, 2.24) is 24.7 Å². The summed E-state index contributed by atoms with van der Waals surface area (Å²) in [6, 6.07) is 0. The highest BCUT2D eigenvalue weighted by Crippen LogP contribution is 2.31. The number of hydrogen-bond donors (Lipinski definition) is 0. The van der Waals surface area contributed by atoms with Gasteiger partial charge in [0.25, 0.3) is 0 Å². The zero-order chi connectivity index (χ0) is 13.4. The Morgan fingerprint density at radius 1 is 1.37 bits per heavy atom. The summed E-state index contributed by atoms with van der Waals surface area (Å²) in [4.78, 5) is 14.5. The number of rotatable bonds is 2. The molecule has 2 aromatic rings. The van der Waals surface area contributed by atoms with Crippen LogP contribution in [0.2, 0.25) is 0 Å². The van der Waals surface area contributed by atoms with Crippen molar-refractivity contribution in [2.24, 2.45) is 0 Å². The summed E-state index contributed by atoms with van der Waals surface area (Å²) in [7, 11) is 0. The van der Waals surface area contributed by atoms with Crippen LogP contribution in [0.5, 0.6) is 0 Å². The molecule has 0 N–H and O–H groups in total. The Morgan fingerprint density at radius 2 is 2.11 bits per heavy atom. The highest BCUT2D eigenvalue weighted by molar-refractivity contribution is 7.16. The van der Waals surface area contributed by atoms with E-state index < -0.39 is 0 Å². The van der Waals surface area contributed by atoms with Gasteiger partial charge in [0.15, 0.2) is 5.82 Å². The molecular weight excluding hydrogens is 262 g/mol. The molecular formula is C12H17N5OS. The fraction of sp³-hybridized carbons (Fsp3) is 0.667. The largest absolute Gasteiger partial charge is 0.343 e. The van der Waals surface area contributed by atoms with Crippen LogP contribution in [0.1, 0.15) is 42.9 Å². The quantitative estimate of drug-likeness (QED) is 0.838. The van der Waals surface area contributed by atoms with Crippen LogP contribution in [0.3, 0.4) is 0 Å². The molecule has 0 radical (unpaired) electrons. The van der Waals surface area contributed by atoms with Crippen LogP contribution in [0, 0.1) is 6.92 Å². The van der Waals surface area contributed by atoms with Crippen LogP contribution in [0.25, 0.3) is 4.96 Å². The molecule has 1 aliphatic rings. The molecule has 0 atom stereocenters. The van der Waals surface area contributed by atoms with Crippen LogP contribution < -0.4 is 0 Å². The first-order valence-electron chi connectivity index (χ1n) is 6.65. The van der Waals surface area contributed by atoms with Gasteiger partial charge in [0.1, 0.15) is 5.01 Å². The van der Waals surface area contributed by atoms with Crippen LogP contribution in [0.4, 0.5) is 0 Å². The Bertz CT molecular complexity index is 596. The molecule has 0 spiro atoms. The summed E-state index contributed by atoms with van der Waals surface area (Å²) in [5, 5.41) is 13.8. The smallest absolute Gasteiger partial charge is 0.234 e. The molecule has 102 valence electrons. The maximum absolute atomic E-state index is 11.6. The normalized spacial score (nSPS) is 17.3. The molecule has 1 aliphatic heterocycles. The van der Waals surface area contributed by atoms with Gasteiger partial charge in [-0.2, -0.15) is 9.61 Å². The van der Waals surface area contributed by atoms with E-state index in [1.54, 1.807) is 11.3 Å². The summed E-state index contributed by atoms with van der Waals surface area (Å²) in [6.45, 7) is 5.51. The van der Waals surface area contributed by atoms with Crippen molar-refractivity contribution < 1.29 is 4.79 Å². The van der Waals surface area contributed by atoms with Gasteiger partial charge in [-0.05, 0) is 19.8 Å². The third kappa shape index (κ3) is 2.22. The number of amides is 1. The molecule has 1 fully saturated rings. The minimum absolute atomic E-state index is 0.257. The van der Waals surface area contributed by atoms with Gasteiger partial charge in [-0.25, -0.2) is 0 Å². The van der Waals surface area contributed by atoms with Crippen molar-refractivity contribution in [2.75, 3.05) is 13.1 Å². The molecule has 0 aliphatic carbocycles. The van der Waals surface area contributed by atoms with Gasteiger partial charge in [-0.1, -0.05) is 18.3 Å². The Hall–Kier alpha value is -1.50. The monoisotopic (exact) mass is 279 g/mol. The average Bonchev–Trinajstić information content (AvgIpc) is 3.01. The number of hydrogen-bond acceptors (Lipinski definition) is 5. The van der Waals surface area contributed by atoms with Gasteiger partial charge in [0, 0.05) is 25.4 Å². The van der Waals surface area contributed by atoms with Gasteiger partial charge in [0.05, 0.1) is 0 Å². The molecule has 0 aromatic carbocycles. The lowest BCUT2D eigenvalue weighted by atomic mass is 9.97. The standard InChI is InChI=1S/C12H17N5OS/c1-3-10(18)16-6-4-9(5-7-16)11-15-17-8(2)13-14-12(17)19-11/h9H,3-7H2,1-2H3. The lowest BCUT2D eigenvalue weighted by molar-refractivity contribution is -0.131. The number of aryl methyl sites for hydroxylation is 1. The van der Waals surface area contributed by atoms with Gasteiger partial charge in [-0.3, -0.25) is 4.79 Å². The van der Waals surface area contributed by atoms with Crippen molar-refractivity contribution in [3.05, 3.63) is 10.8 Å². The average molecular weight is 279 g/mol. The van der Waals surface area contributed by atoms with E-state index in [-0.39, 0.29) is 5.91 Å². The summed E-state index contributed by atoms with van der Waals surface area (Å²) in [6.07, 6.45) is 2.59. The van der Waals surface area contributed by atoms with E-state index in [1.165, 1.54) is 0 Å². The van der Waals surface area contributed by atoms with Gasteiger partial charge < -0.3 is 4.90 Å². The molecule has 19 heavy (non-hydrogen) atoms. The number of fused-ring (bicyclic) bond motifs is 1. The summed E-state index contributed by atoms with van der Waals surface area (Å²) < 4.78 is 1.81. The number of carbonyl (C=O) groups excluding carboxylic acids is 1. The molecule has 7 heteroatoms.